The number of nitrogens with one attached hydrogen (secondary N) is 1. The number of nitriles is 1. The molecule has 1 aromatic carbocycles. The molecule has 0 radical (unpaired) electrons. The van der Waals surface area contributed by atoms with Gasteiger partial charge < -0.3 is 10.1 Å². The SMILES string of the molecule is COc1c(C)c(C)cc(C)c1NCC#N. The van der Waals surface area contributed by atoms with Crippen LogP contribution in [0.15, 0.2) is 6.07 Å². The molecule has 80 valence electrons. The summed E-state index contributed by atoms with van der Waals surface area (Å²) in [5.74, 6) is 0.836. The lowest BCUT2D eigenvalue weighted by molar-refractivity contribution is 0.413. The van der Waals surface area contributed by atoms with Gasteiger partial charge in [-0.15, -0.1) is 0 Å². The van der Waals surface area contributed by atoms with E-state index in [9.17, 15) is 0 Å². The van der Waals surface area contributed by atoms with Crippen LogP contribution in [-0.2, 0) is 0 Å². The number of anilines is 1. The highest BCUT2D eigenvalue weighted by molar-refractivity contribution is 5.66. The fraction of sp³-hybridized carbons (Fsp3) is 0.417. The van der Waals surface area contributed by atoms with Gasteiger partial charge in [0.1, 0.15) is 12.3 Å². The fourth-order valence-corrected chi connectivity index (χ4v) is 1.65. The van der Waals surface area contributed by atoms with Gasteiger partial charge in [-0.05, 0) is 37.5 Å². The fourth-order valence-electron chi connectivity index (χ4n) is 1.65. The summed E-state index contributed by atoms with van der Waals surface area (Å²) in [5, 5.41) is 11.6. The van der Waals surface area contributed by atoms with Gasteiger partial charge in [-0.2, -0.15) is 5.26 Å². The van der Waals surface area contributed by atoms with Crippen LogP contribution in [0.25, 0.3) is 0 Å². The summed E-state index contributed by atoms with van der Waals surface area (Å²) in [6, 6.07) is 4.16. The number of hydrogen-bond donors (Lipinski definition) is 1. The van der Waals surface area contributed by atoms with Gasteiger partial charge in [0.15, 0.2) is 0 Å². The number of nitrogens with zero attached hydrogens (tertiary/aromatic N) is 1. The molecule has 1 rings (SSSR count). The Morgan fingerprint density at radius 3 is 2.53 bits per heavy atom. The molecule has 0 saturated carbocycles. The van der Waals surface area contributed by atoms with Crippen LogP contribution in [-0.4, -0.2) is 13.7 Å². The van der Waals surface area contributed by atoms with Crippen LogP contribution < -0.4 is 10.1 Å². The van der Waals surface area contributed by atoms with Crippen molar-refractivity contribution < 1.29 is 4.74 Å². The smallest absolute Gasteiger partial charge is 0.145 e. The minimum atomic E-state index is 0.291. The Hall–Kier alpha value is -1.69. The molecular weight excluding hydrogens is 188 g/mol. The maximum Gasteiger partial charge on any atom is 0.145 e. The van der Waals surface area contributed by atoms with Crippen molar-refractivity contribution in [2.75, 3.05) is 19.0 Å². The Labute approximate surface area is 90.7 Å². The lowest BCUT2D eigenvalue weighted by Gasteiger charge is -2.16. The maximum atomic E-state index is 8.55. The molecule has 0 unspecified atom stereocenters. The zero-order chi connectivity index (χ0) is 11.4. The Balaban J connectivity index is 3.24. The molecule has 0 saturated heterocycles. The van der Waals surface area contributed by atoms with E-state index in [0.717, 1.165) is 22.6 Å². The van der Waals surface area contributed by atoms with Gasteiger partial charge in [0, 0.05) is 0 Å². The quantitative estimate of drug-likeness (QED) is 0.769. The van der Waals surface area contributed by atoms with Crippen molar-refractivity contribution in [3.8, 4) is 11.8 Å². The minimum Gasteiger partial charge on any atom is -0.494 e. The minimum absolute atomic E-state index is 0.291. The first-order valence-electron chi connectivity index (χ1n) is 4.87. The summed E-state index contributed by atoms with van der Waals surface area (Å²) >= 11 is 0. The first-order valence-corrected chi connectivity index (χ1v) is 4.87. The number of rotatable bonds is 3. The molecule has 15 heavy (non-hydrogen) atoms. The van der Waals surface area contributed by atoms with Crippen molar-refractivity contribution in [2.24, 2.45) is 0 Å². The van der Waals surface area contributed by atoms with Crippen molar-refractivity contribution in [1.82, 2.24) is 0 Å². The molecule has 1 N–H and O–H groups in total. The lowest BCUT2D eigenvalue weighted by Crippen LogP contribution is -2.05. The third-order valence-corrected chi connectivity index (χ3v) is 2.53. The Kier molecular flexibility index (Phi) is 3.56. The largest absolute Gasteiger partial charge is 0.494 e. The van der Waals surface area contributed by atoms with E-state index in [1.54, 1.807) is 7.11 Å². The van der Waals surface area contributed by atoms with Gasteiger partial charge >= 0.3 is 0 Å². The van der Waals surface area contributed by atoms with Crippen molar-refractivity contribution in [1.29, 1.82) is 5.26 Å². The zero-order valence-corrected chi connectivity index (χ0v) is 9.64. The molecule has 0 aliphatic heterocycles. The molecule has 1 aromatic rings. The lowest BCUT2D eigenvalue weighted by atomic mass is 10.0. The van der Waals surface area contributed by atoms with E-state index in [0.29, 0.717) is 6.54 Å². The average Bonchev–Trinajstić information content (AvgIpc) is 2.21. The maximum absolute atomic E-state index is 8.55. The van der Waals surface area contributed by atoms with Gasteiger partial charge in [0.2, 0.25) is 0 Å². The molecule has 0 aliphatic rings. The monoisotopic (exact) mass is 204 g/mol. The van der Waals surface area contributed by atoms with Crippen LogP contribution in [0.3, 0.4) is 0 Å². The molecule has 0 heterocycles. The van der Waals surface area contributed by atoms with Gasteiger partial charge in [-0.3, -0.25) is 0 Å². The van der Waals surface area contributed by atoms with Gasteiger partial charge in [0.25, 0.3) is 0 Å². The summed E-state index contributed by atoms with van der Waals surface area (Å²) in [5.41, 5.74) is 4.34. The Morgan fingerprint density at radius 1 is 1.33 bits per heavy atom. The molecule has 0 spiro atoms. The number of aryl methyl sites for hydroxylation is 2. The topological polar surface area (TPSA) is 45.0 Å². The van der Waals surface area contributed by atoms with E-state index in [1.165, 1.54) is 5.56 Å². The molecule has 0 fully saturated rings. The molecular formula is C12H16N2O. The molecule has 0 atom stereocenters. The van der Waals surface area contributed by atoms with Crippen molar-refractivity contribution in [3.63, 3.8) is 0 Å². The standard InChI is InChI=1S/C12H16N2O/c1-8-7-9(2)11(14-6-5-13)12(15-4)10(8)3/h7,14H,6H2,1-4H3. The third kappa shape index (κ3) is 2.21. The molecule has 0 aromatic heterocycles. The Morgan fingerprint density at radius 2 is 2.00 bits per heavy atom. The number of ether oxygens (including phenoxy) is 1. The van der Waals surface area contributed by atoms with Crippen molar-refractivity contribution in [3.05, 3.63) is 22.8 Å². The zero-order valence-electron chi connectivity index (χ0n) is 9.64. The van der Waals surface area contributed by atoms with Crippen LogP contribution in [0.1, 0.15) is 16.7 Å². The second-order valence-corrected chi connectivity index (χ2v) is 3.56. The van der Waals surface area contributed by atoms with E-state index in [1.807, 2.05) is 13.8 Å². The summed E-state index contributed by atoms with van der Waals surface area (Å²) in [7, 11) is 1.65. The Bertz CT molecular complexity index is 405. The molecule has 3 heteroatoms. The van der Waals surface area contributed by atoms with Gasteiger partial charge in [0.05, 0.1) is 18.9 Å². The van der Waals surface area contributed by atoms with E-state index in [-0.39, 0.29) is 0 Å². The van der Waals surface area contributed by atoms with E-state index >= 15 is 0 Å². The predicted octanol–water partition coefficient (Wildman–Crippen LogP) is 2.56. The summed E-state index contributed by atoms with van der Waals surface area (Å²) in [4.78, 5) is 0. The average molecular weight is 204 g/mol. The molecule has 0 aliphatic carbocycles. The number of hydrogen-bond acceptors (Lipinski definition) is 3. The van der Waals surface area contributed by atoms with Crippen LogP contribution >= 0.6 is 0 Å². The van der Waals surface area contributed by atoms with Crippen LogP contribution in [0.4, 0.5) is 5.69 Å². The summed E-state index contributed by atoms with van der Waals surface area (Å²) < 4.78 is 5.36. The normalized spacial score (nSPS) is 9.53. The van der Waals surface area contributed by atoms with Crippen molar-refractivity contribution >= 4 is 5.69 Å². The van der Waals surface area contributed by atoms with Gasteiger partial charge in [-0.25, -0.2) is 0 Å². The first kappa shape index (κ1) is 11.4. The second kappa shape index (κ2) is 4.70. The molecule has 0 amide bonds. The highest BCUT2D eigenvalue weighted by atomic mass is 16.5. The highest BCUT2D eigenvalue weighted by Crippen LogP contribution is 2.33. The summed E-state index contributed by atoms with van der Waals surface area (Å²) in [6.45, 7) is 6.37. The van der Waals surface area contributed by atoms with E-state index < -0.39 is 0 Å². The number of methoxy groups -OCH3 is 1. The first-order chi connectivity index (χ1) is 7.11. The number of benzene rings is 1. The van der Waals surface area contributed by atoms with Crippen LogP contribution in [0.5, 0.6) is 5.75 Å². The third-order valence-electron chi connectivity index (χ3n) is 2.53. The summed E-state index contributed by atoms with van der Waals surface area (Å²) in [6.07, 6.45) is 0. The van der Waals surface area contributed by atoms with E-state index in [4.69, 9.17) is 10.00 Å². The highest BCUT2D eigenvalue weighted by Gasteiger charge is 2.11. The van der Waals surface area contributed by atoms with Crippen molar-refractivity contribution in [2.45, 2.75) is 20.8 Å². The van der Waals surface area contributed by atoms with Gasteiger partial charge in [-0.1, -0.05) is 6.07 Å². The second-order valence-electron chi connectivity index (χ2n) is 3.56. The predicted molar refractivity (Wildman–Crippen MR) is 61.3 cm³/mol. The molecule has 3 nitrogen and oxygen atoms in total. The molecule has 0 bridgehead atoms. The van der Waals surface area contributed by atoms with Crippen LogP contribution in [0, 0.1) is 32.1 Å². The van der Waals surface area contributed by atoms with E-state index in [2.05, 4.69) is 24.4 Å². The van der Waals surface area contributed by atoms with Crippen LogP contribution in [0.2, 0.25) is 0 Å².